The molecule has 2 aromatic carbocycles. The second kappa shape index (κ2) is 7.78. The van der Waals surface area contributed by atoms with Gasteiger partial charge in [-0.3, -0.25) is 4.90 Å². The molecule has 1 unspecified atom stereocenters. The van der Waals surface area contributed by atoms with Crippen LogP contribution in [0.3, 0.4) is 0 Å². The first-order valence-corrected chi connectivity index (χ1v) is 9.42. The van der Waals surface area contributed by atoms with Gasteiger partial charge in [-0.2, -0.15) is 0 Å². The lowest BCUT2D eigenvalue weighted by Gasteiger charge is -2.40. The van der Waals surface area contributed by atoms with Gasteiger partial charge in [0.25, 0.3) is 0 Å². The molecule has 2 saturated heterocycles. The Morgan fingerprint density at radius 2 is 1.86 bits per heavy atom. The number of hydrogen-bond acceptors (Lipinski definition) is 5. The van der Waals surface area contributed by atoms with Crippen molar-refractivity contribution in [3.8, 4) is 5.75 Å². The number of piperidine rings is 1. The van der Waals surface area contributed by atoms with Crippen molar-refractivity contribution in [3.63, 3.8) is 0 Å². The van der Waals surface area contributed by atoms with E-state index in [4.69, 9.17) is 9.47 Å². The fraction of sp³-hybridized carbons (Fsp3) is 0.476. The van der Waals surface area contributed by atoms with E-state index >= 15 is 0 Å². The normalized spacial score (nSPS) is 21.2. The van der Waals surface area contributed by atoms with Crippen molar-refractivity contribution in [2.75, 3.05) is 33.2 Å². The molecule has 2 aromatic rings. The van der Waals surface area contributed by atoms with Crippen LogP contribution in [-0.2, 0) is 4.74 Å². The lowest BCUT2D eigenvalue weighted by Crippen LogP contribution is -2.52. The molecule has 0 aliphatic carbocycles. The maximum atomic E-state index is 11.7. The maximum absolute atomic E-state index is 11.7. The summed E-state index contributed by atoms with van der Waals surface area (Å²) in [5.41, 5.74) is -0.370. The van der Waals surface area contributed by atoms with Crippen LogP contribution in [0.4, 0.5) is 4.79 Å². The molecular weight excluding hydrogens is 380 g/mol. The highest BCUT2D eigenvalue weighted by molar-refractivity contribution is 5.88. The van der Waals surface area contributed by atoms with Crippen LogP contribution in [0.1, 0.15) is 19.8 Å². The fourth-order valence-corrected chi connectivity index (χ4v) is 4.14. The summed E-state index contributed by atoms with van der Waals surface area (Å²) in [6.45, 7) is 4.26. The number of likely N-dealkylation sites (tertiary alicyclic amines) is 1. The van der Waals surface area contributed by atoms with Crippen molar-refractivity contribution in [1.82, 2.24) is 9.80 Å². The van der Waals surface area contributed by atoms with Gasteiger partial charge in [-0.15, -0.1) is 12.4 Å². The number of likely N-dealkylation sites (N-methyl/N-ethyl adjacent to an activating group) is 1. The van der Waals surface area contributed by atoms with Crippen molar-refractivity contribution in [3.05, 3.63) is 42.5 Å². The highest BCUT2D eigenvalue weighted by atomic mass is 35.5. The topological polar surface area (TPSA) is 62.2 Å². The Balaban J connectivity index is 0.00000225. The van der Waals surface area contributed by atoms with Gasteiger partial charge in [0.2, 0.25) is 5.79 Å². The molecule has 152 valence electrons. The van der Waals surface area contributed by atoms with Gasteiger partial charge in [0.15, 0.2) is 0 Å². The number of fused-ring (bicyclic) bond motifs is 1. The summed E-state index contributed by atoms with van der Waals surface area (Å²) in [5, 5.41) is 12.9. The Hall–Kier alpha value is -2.02. The molecule has 2 fully saturated rings. The summed E-state index contributed by atoms with van der Waals surface area (Å²) in [6.07, 6.45) is 1.30. The molecule has 6 nitrogen and oxygen atoms in total. The molecule has 1 N–H and O–H groups in total. The van der Waals surface area contributed by atoms with Crippen LogP contribution in [0.25, 0.3) is 10.8 Å². The number of benzene rings is 2. The average molecular weight is 407 g/mol. The Bertz CT molecular complexity index is 844. The minimum atomic E-state index is -1.31. The zero-order chi connectivity index (χ0) is 19.1. The number of halogens is 1. The molecule has 0 aromatic heterocycles. The summed E-state index contributed by atoms with van der Waals surface area (Å²) in [7, 11) is 1.77. The summed E-state index contributed by atoms with van der Waals surface area (Å²) >= 11 is 0. The van der Waals surface area contributed by atoms with Gasteiger partial charge in [-0.25, -0.2) is 4.79 Å². The maximum Gasteiger partial charge on any atom is 0.410 e. The van der Waals surface area contributed by atoms with Crippen LogP contribution in [0.5, 0.6) is 5.75 Å². The van der Waals surface area contributed by atoms with Crippen LogP contribution in [0.2, 0.25) is 0 Å². The van der Waals surface area contributed by atoms with Gasteiger partial charge in [0, 0.05) is 45.3 Å². The van der Waals surface area contributed by atoms with Gasteiger partial charge in [-0.1, -0.05) is 36.4 Å². The van der Waals surface area contributed by atoms with E-state index in [1.54, 1.807) is 18.9 Å². The fourth-order valence-electron chi connectivity index (χ4n) is 4.14. The number of amides is 1. The van der Waals surface area contributed by atoms with Crippen LogP contribution < -0.4 is 4.74 Å². The lowest BCUT2D eigenvalue weighted by molar-refractivity contribution is -0.143. The molecule has 1 amide bonds. The second-order valence-corrected chi connectivity index (χ2v) is 7.94. The Morgan fingerprint density at radius 1 is 1.18 bits per heavy atom. The third-order valence-corrected chi connectivity index (χ3v) is 5.50. The summed E-state index contributed by atoms with van der Waals surface area (Å²) in [4.78, 5) is 15.5. The van der Waals surface area contributed by atoms with Crippen LogP contribution in [0.15, 0.2) is 42.5 Å². The molecule has 1 spiro atoms. The third-order valence-electron chi connectivity index (χ3n) is 5.50. The number of carbonyl (C=O) groups is 1. The smallest absolute Gasteiger partial charge is 0.410 e. The Kier molecular flexibility index (Phi) is 5.75. The number of carbonyl (C=O) groups excluding carboxylic acids is 1. The SMILES string of the molecule is CN1CC2(CCN(CC(C)(O)Oc3cccc4ccccc34)CC2)OC1=O.Cl. The van der Waals surface area contributed by atoms with Crippen molar-refractivity contribution < 1.29 is 19.4 Å². The van der Waals surface area contributed by atoms with Gasteiger partial charge < -0.3 is 19.5 Å². The van der Waals surface area contributed by atoms with Crippen molar-refractivity contribution in [2.24, 2.45) is 0 Å². The monoisotopic (exact) mass is 406 g/mol. The number of ether oxygens (including phenoxy) is 2. The average Bonchev–Trinajstić information content (AvgIpc) is 2.91. The summed E-state index contributed by atoms with van der Waals surface area (Å²) in [5.74, 6) is -0.629. The van der Waals surface area contributed by atoms with Crippen molar-refractivity contribution >= 4 is 29.3 Å². The number of rotatable bonds is 4. The minimum absolute atomic E-state index is 0. The van der Waals surface area contributed by atoms with Crippen LogP contribution in [-0.4, -0.2) is 65.6 Å². The highest BCUT2D eigenvalue weighted by Crippen LogP contribution is 2.33. The molecule has 1 atom stereocenters. The van der Waals surface area contributed by atoms with E-state index in [0.29, 0.717) is 18.8 Å². The van der Waals surface area contributed by atoms with Crippen LogP contribution in [0, 0.1) is 0 Å². The zero-order valence-corrected chi connectivity index (χ0v) is 17.1. The molecule has 4 rings (SSSR count). The van der Waals surface area contributed by atoms with E-state index in [-0.39, 0.29) is 24.1 Å². The Morgan fingerprint density at radius 3 is 2.54 bits per heavy atom. The van der Waals surface area contributed by atoms with Gasteiger partial charge >= 0.3 is 6.09 Å². The molecule has 0 bridgehead atoms. The molecule has 2 heterocycles. The molecule has 0 radical (unpaired) electrons. The molecular formula is C21H27ClN2O4. The first kappa shape index (κ1) is 20.7. The van der Waals surface area contributed by atoms with Crippen molar-refractivity contribution in [2.45, 2.75) is 31.2 Å². The predicted octanol–water partition coefficient (Wildman–Crippen LogP) is 3.27. The second-order valence-electron chi connectivity index (χ2n) is 7.94. The minimum Gasteiger partial charge on any atom is -0.461 e. The summed E-state index contributed by atoms with van der Waals surface area (Å²) < 4.78 is 11.6. The number of β-amino-alcohol motifs (C(OH)–C–C–N with tert-alkyl or cyclic N) is 1. The molecule has 28 heavy (non-hydrogen) atoms. The van der Waals surface area contributed by atoms with E-state index in [1.165, 1.54) is 0 Å². The van der Waals surface area contributed by atoms with Gasteiger partial charge in [0.1, 0.15) is 11.4 Å². The lowest BCUT2D eigenvalue weighted by atomic mass is 9.91. The zero-order valence-electron chi connectivity index (χ0n) is 16.3. The highest BCUT2D eigenvalue weighted by Gasteiger charge is 2.46. The largest absolute Gasteiger partial charge is 0.461 e. The van der Waals surface area contributed by atoms with E-state index in [0.717, 1.165) is 36.7 Å². The first-order chi connectivity index (χ1) is 12.9. The molecule has 7 heteroatoms. The number of hydrogen-bond donors (Lipinski definition) is 1. The number of nitrogens with zero attached hydrogens (tertiary/aromatic N) is 2. The van der Waals surface area contributed by atoms with E-state index in [9.17, 15) is 9.90 Å². The van der Waals surface area contributed by atoms with Crippen molar-refractivity contribution in [1.29, 1.82) is 0 Å². The number of aliphatic hydroxyl groups is 1. The molecule has 2 aliphatic rings. The van der Waals surface area contributed by atoms with E-state index < -0.39 is 5.79 Å². The standard InChI is InChI=1S/C21H26N2O4.ClH/c1-20(25,26-18-9-5-7-16-6-3-4-8-17(16)18)14-23-12-10-21(11-13-23)15-22(2)19(24)27-21;/h3-9,25H,10-15H2,1-2H3;1H. The molecule has 0 saturated carbocycles. The van der Waals surface area contributed by atoms with Gasteiger partial charge in [-0.05, 0) is 11.5 Å². The van der Waals surface area contributed by atoms with Gasteiger partial charge in [0.05, 0.1) is 13.1 Å². The summed E-state index contributed by atoms with van der Waals surface area (Å²) in [6, 6.07) is 13.8. The third kappa shape index (κ3) is 4.19. The van der Waals surface area contributed by atoms with E-state index in [1.807, 2.05) is 42.5 Å². The quantitative estimate of drug-likeness (QED) is 0.789. The van der Waals surface area contributed by atoms with E-state index in [2.05, 4.69) is 4.90 Å². The predicted molar refractivity (Wildman–Crippen MR) is 110 cm³/mol. The molecule has 2 aliphatic heterocycles. The first-order valence-electron chi connectivity index (χ1n) is 9.42. The van der Waals surface area contributed by atoms with Crippen LogP contribution >= 0.6 is 12.4 Å². The Labute approximate surface area is 171 Å².